The lowest BCUT2D eigenvalue weighted by atomic mass is 10.2. The van der Waals surface area contributed by atoms with Crippen LogP contribution < -0.4 is 10.9 Å². The maximum atomic E-state index is 13.4. The molecule has 110 valence electrons. The molecule has 0 saturated heterocycles. The second kappa shape index (κ2) is 5.84. The van der Waals surface area contributed by atoms with Crippen molar-refractivity contribution in [2.45, 2.75) is 5.38 Å². The van der Waals surface area contributed by atoms with Crippen LogP contribution in [-0.4, -0.2) is 5.38 Å². The van der Waals surface area contributed by atoms with Gasteiger partial charge in [-0.1, -0.05) is 18.2 Å². The van der Waals surface area contributed by atoms with Crippen LogP contribution >= 0.6 is 11.6 Å². The lowest BCUT2D eigenvalue weighted by Gasteiger charge is -2.14. The average molecular weight is 322 g/mol. The van der Waals surface area contributed by atoms with Crippen molar-refractivity contribution in [2.75, 3.05) is 5.32 Å². The van der Waals surface area contributed by atoms with Gasteiger partial charge in [0.1, 0.15) is 29.1 Å². The van der Waals surface area contributed by atoms with Gasteiger partial charge in [0.05, 0.1) is 0 Å². The van der Waals surface area contributed by atoms with Crippen LogP contribution in [-0.2, 0) is 0 Å². The van der Waals surface area contributed by atoms with Crippen molar-refractivity contribution >= 4 is 28.3 Å². The third-order valence-corrected chi connectivity index (χ3v) is 2.85. The van der Waals surface area contributed by atoms with E-state index in [0.717, 1.165) is 0 Å². The maximum absolute atomic E-state index is 13.4. The molecule has 0 bridgehead atoms. The Morgan fingerprint density at radius 2 is 1.91 bits per heavy atom. The third-order valence-electron chi connectivity index (χ3n) is 2.66. The fourth-order valence-corrected chi connectivity index (χ4v) is 1.84. The molecule has 0 amide bonds. The van der Waals surface area contributed by atoms with Crippen LogP contribution in [0.4, 0.5) is 14.5 Å². The van der Waals surface area contributed by atoms with E-state index in [1.807, 2.05) is 5.32 Å². The Morgan fingerprint density at radius 3 is 2.50 bits per heavy atom. The highest BCUT2D eigenvalue weighted by atomic mass is 35.5. The fraction of sp³-hybridized carbons (Fsp3) is 0.0714. The van der Waals surface area contributed by atoms with E-state index in [1.165, 1.54) is 24.3 Å². The number of halogens is 3. The van der Waals surface area contributed by atoms with Gasteiger partial charge in [0.15, 0.2) is 5.57 Å². The maximum Gasteiger partial charge on any atom is 0.364 e. The first kappa shape index (κ1) is 15.5. The molecule has 8 heteroatoms. The molecule has 0 aliphatic rings. The summed E-state index contributed by atoms with van der Waals surface area (Å²) in [5, 5.41) is 15.9. The first-order valence-corrected chi connectivity index (χ1v) is 6.16. The number of fused-ring (bicyclic) bond motifs is 1. The number of allylic oxidation sites excluding steroid dienone is 2. The van der Waals surface area contributed by atoms with Crippen LogP contribution in [0.1, 0.15) is 0 Å². The molecule has 0 saturated carbocycles. The first-order valence-electron chi connectivity index (χ1n) is 5.78. The van der Waals surface area contributed by atoms with Crippen molar-refractivity contribution in [3.05, 3.63) is 52.0 Å². The Labute approximate surface area is 127 Å². The molecule has 0 atom stereocenters. The Balaban J connectivity index is 2.60. The molecular formula is C14H6ClF2N3O2. The first-order chi connectivity index (χ1) is 10.4. The quantitative estimate of drug-likeness (QED) is 0.532. The number of rotatable bonds is 3. The van der Waals surface area contributed by atoms with Gasteiger partial charge < -0.3 is 9.73 Å². The number of nitrogens with zero attached hydrogens (tertiary/aromatic N) is 2. The Bertz CT molecular complexity index is 885. The molecule has 0 aliphatic carbocycles. The molecule has 0 aliphatic heterocycles. The van der Waals surface area contributed by atoms with Gasteiger partial charge in [-0.3, -0.25) is 0 Å². The Morgan fingerprint density at radius 1 is 1.27 bits per heavy atom. The van der Waals surface area contributed by atoms with Gasteiger partial charge in [-0.2, -0.15) is 19.3 Å². The van der Waals surface area contributed by atoms with Crippen LogP contribution in [0, 0.1) is 22.7 Å². The highest BCUT2D eigenvalue weighted by Crippen LogP contribution is 2.31. The minimum Gasteiger partial charge on any atom is -0.421 e. The van der Waals surface area contributed by atoms with Crippen LogP contribution in [0.5, 0.6) is 0 Å². The molecule has 2 aromatic rings. The molecule has 0 unspecified atom stereocenters. The van der Waals surface area contributed by atoms with E-state index in [-0.39, 0.29) is 11.3 Å². The summed E-state index contributed by atoms with van der Waals surface area (Å²) in [6.45, 7) is 0. The molecule has 22 heavy (non-hydrogen) atoms. The fourth-order valence-electron chi connectivity index (χ4n) is 1.70. The molecule has 1 aromatic heterocycles. The number of hydrogen-bond acceptors (Lipinski definition) is 5. The summed E-state index contributed by atoms with van der Waals surface area (Å²) in [5.41, 5.74) is -3.15. The highest BCUT2D eigenvalue weighted by molar-refractivity contribution is 6.24. The summed E-state index contributed by atoms with van der Waals surface area (Å²) in [7, 11) is 0. The van der Waals surface area contributed by atoms with E-state index >= 15 is 0 Å². The largest absolute Gasteiger partial charge is 0.421 e. The minimum absolute atomic E-state index is 0.266. The molecule has 1 N–H and O–H groups in total. The van der Waals surface area contributed by atoms with E-state index < -0.39 is 22.3 Å². The van der Waals surface area contributed by atoms with Crippen molar-refractivity contribution in [1.29, 1.82) is 10.5 Å². The van der Waals surface area contributed by atoms with E-state index in [4.69, 9.17) is 26.5 Å². The van der Waals surface area contributed by atoms with E-state index in [2.05, 4.69) is 0 Å². The summed E-state index contributed by atoms with van der Waals surface area (Å²) < 4.78 is 31.7. The number of benzene rings is 1. The monoisotopic (exact) mass is 321 g/mol. The molecule has 0 radical (unpaired) electrons. The lowest BCUT2D eigenvalue weighted by molar-refractivity contribution is 0.139. The summed E-state index contributed by atoms with van der Waals surface area (Å²) in [6.07, 6.45) is 0. The van der Waals surface area contributed by atoms with Gasteiger partial charge in [0.25, 0.3) is 0 Å². The number of hydrogen-bond donors (Lipinski definition) is 1. The van der Waals surface area contributed by atoms with Crippen molar-refractivity contribution in [3.63, 3.8) is 0 Å². The van der Waals surface area contributed by atoms with Gasteiger partial charge >= 0.3 is 11.0 Å². The Hall–Kier alpha value is -2.90. The highest BCUT2D eigenvalue weighted by Gasteiger charge is 2.35. The molecule has 2 rings (SSSR count). The van der Waals surface area contributed by atoms with Crippen molar-refractivity contribution in [2.24, 2.45) is 0 Å². The summed E-state index contributed by atoms with van der Waals surface area (Å²) in [4.78, 5) is 11.8. The van der Waals surface area contributed by atoms with Crippen LogP contribution in [0.25, 0.3) is 11.0 Å². The SMILES string of the molecule is N#CC(C#N)=C(Nc1cc2ccccc2oc1=O)C(F)(F)Cl. The topological polar surface area (TPSA) is 89.8 Å². The van der Waals surface area contributed by atoms with Crippen molar-refractivity contribution < 1.29 is 13.2 Å². The predicted molar refractivity (Wildman–Crippen MR) is 75.2 cm³/mol. The number of nitrogens with one attached hydrogen (secondary N) is 1. The summed E-state index contributed by atoms with van der Waals surface area (Å²) in [6, 6.07) is 10.3. The normalized spacial score (nSPS) is 10.6. The van der Waals surface area contributed by atoms with Crippen LogP contribution in [0.15, 0.2) is 50.8 Å². The van der Waals surface area contributed by atoms with Crippen molar-refractivity contribution in [1.82, 2.24) is 0 Å². The second-order valence-electron chi connectivity index (χ2n) is 4.08. The number of alkyl halides is 3. The number of anilines is 1. The smallest absolute Gasteiger partial charge is 0.364 e. The molecule has 0 spiro atoms. The van der Waals surface area contributed by atoms with E-state index in [9.17, 15) is 13.6 Å². The Kier molecular flexibility index (Phi) is 4.11. The summed E-state index contributed by atoms with van der Waals surface area (Å²) in [5.74, 6) is 0. The number of nitriles is 2. The van der Waals surface area contributed by atoms with Crippen LogP contribution in [0.3, 0.4) is 0 Å². The van der Waals surface area contributed by atoms with Crippen molar-refractivity contribution in [3.8, 4) is 12.1 Å². The molecule has 1 heterocycles. The van der Waals surface area contributed by atoms with Crippen LogP contribution in [0.2, 0.25) is 0 Å². The lowest BCUT2D eigenvalue weighted by Crippen LogP contribution is -2.22. The van der Waals surface area contributed by atoms with Gasteiger partial charge in [0.2, 0.25) is 0 Å². The van der Waals surface area contributed by atoms with Gasteiger partial charge in [-0.25, -0.2) is 4.79 Å². The molecular weight excluding hydrogens is 316 g/mol. The van der Waals surface area contributed by atoms with Gasteiger partial charge in [-0.15, -0.1) is 0 Å². The zero-order valence-corrected chi connectivity index (χ0v) is 11.5. The number of para-hydroxylation sites is 1. The minimum atomic E-state index is -4.03. The third kappa shape index (κ3) is 3.05. The molecule has 1 aromatic carbocycles. The summed E-state index contributed by atoms with van der Waals surface area (Å²) >= 11 is 4.88. The zero-order chi connectivity index (χ0) is 16.3. The molecule has 0 fully saturated rings. The molecule has 5 nitrogen and oxygen atoms in total. The standard InChI is InChI=1S/C14H6ClF2N3O2/c15-14(16,17)12(9(6-18)7-19)20-10-5-8-3-1-2-4-11(8)22-13(10)21/h1-5,20H. The second-order valence-corrected chi connectivity index (χ2v) is 4.56. The van der Waals surface area contributed by atoms with Gasteiger partial charge in [-0.05, 0) is 23.7 Å². The van der Waals surface area contributed by atoms with E-state index in [0.29, 0.717) is 5.39 Å². The average Bonchev–Trinajstić information content (AvgIpc) is 2.46. The predicted octanol–water partition coefficient (Wildman–Crippen LogP) is 3.34. The zero-order valence-electron chi connectivity index (χ0n) is 10.7. The van der Waals surface area contributed by atoms with Gasteiger partial charge in [0, 0.05) is 5.39 Å². The van der Waals surface area contributed by atoms with E-state index in [1.54, 1.807) is 18.2 Å².